The van der Waals surface area contributed by atoms with Gasteiger partial charge in [-0.25, -0.2) is 0 Å². The fraction of sp³-hybridized carbons (Fsp3) is 0.647. The van der Waals surface area contributed by atoms with E-state index in [-0.39, 0.29) is 6.61 Å². The molecule has 1 aliphatic heterocycles. The Hall–Kier alpha value is -1.26. The highest BCUT2D eigenvalue weighted by molar-refractivity contribution is 5.45. The van der Waals surface area contributed by atoms with Crippen LogP contribution in [0, 0.1) is 0 Å². The maximum atomic E-state index is 8.72. The Labute approximate surface area is 127 Å². The molecule has 0 aliphatic carbocycles. The first kappa shape index (κ1) is 16.1. The molecule has 0 saturated heterocycles. The van der Waals surface area contributed by atoms with Gasteiger partial charge in [0.25, 0.3) is 0 Å². The smallest absolute Gasteiger partial charge is 0.127 e. The summed E-state index contributed by atoms with van der Waals surface area (Å²) in [4.78, 5) is 0. The van der Waals surface area contributed by atoms with Crippen molar-refractivity contribution in [1.29, 1.82) is 0 Å². The van der Waals surface area contributed by atoms with Crippen LogP contribution in [0.15, 0.2) is 18.2 Å². The van der Waals surface area contributed by atoms with Crippen molar-refractivity contribution < 1.29 is 14.6 Å². The number of hydrogen-bond donors (Lipinski definition) is 2. The third-order valence-corrected chi connectivity index (χ3v) is 3.73. The lowest BCUT2D eigenvalue weighted by Gasteiger charge is -2.11. The molecule has 21 heavy (non-hydrogen) atoms. The number of fused-ring (bicyclic) bond motifs is 1. The van der Waals surface area contributed by atoms with Crippen molar-refractivity contribution >= 4 is 0 Å². The van der Waals surface area contributed by atoms with E-state index in [1.165, 1.54) is 5.56 Å². The lowest BCUT2D eigenvalue weighted by molar-refractivity contribution is 0.272. The van der Waals surface area contributed by atoms with E-state index < -0.39 is 0 Å². The second kappa shape index (κ2) is 8.90. The van der Waals surface area contributed by atoms with Gasteiger partial charge < -0.3 is 19.9 Å². The van der Waals surface area contributed by atoms with E-state index in [1.54, 1.807) is 0 Å². The summed E-state index contributed by atoms with van der Waals surface area (Å²) in [5, 5.41) is 12.2. The van der Waals surface area contributed by atoms with Crippen molar-refractivity contribution in [3.63, 3.8) is 0 Å². The molecule has 0 spiro atoms. The molecule has 1 unspecified atom stereocenters. The molecule has 4 heteroatoms. The van der Waals surface area contributed by atoms with Crippen molar-refractivity contribution in [1.82, 2.24) is 5.32 Å². The second-order valence-electron chi connectivity index (χ2n) is 5.50. The van der Waals surface area contributed by atoms with Gasteiger partial charge in [-0.2, -0.15) is 0 Å². The van der Waals surface area contributed by atoms with Crippen LogP contribution in [0.25, 0.3) is 0 Å². The van der Waals surface area contributed by atoms with Gasteiger partial charge in [0.05, 0.1) is 12.6 Å². The van der Waals surface area contributed by atoms with Crippen LogP contribution in [-0.2, 0) is 0 Å². The minimum absolute atomic E-state index is 0.288. The second-order valence-corrected chi connectivity index (χ2v) is 5.50. The Morgan fingerprint density at radius 2 is 2.14 bits per heavy atom. The topological polar surface area (TPSA) is 50.7 Å². The fourth-order valence-electron chi connectivity index (χ4n) is 2.53. The highest BCUT2D eigenvalue weighted by atomic mass is 16.5. The quantitative estimate of drug-likeness (QED) is 0.651. The van der Waals surface area contributed by atoms with E-state index in [1.807, 2.05) is 12.1 Å². The minimum Gasteiger partial charge on any atom is -0.493 e. The number of hydrogen-bond acceptors (Lipinski definition) is 4. The first-order chi connectivity index (χ1) is 10.3. The molecule has 1 heterocycles. The molecular formula is C17H27NO3. The molecule has 2 rings (SSSR count). The van der Waals surface area contributed by atoms with Crippen LogP contribution in [0.4, 0.5) is 0 Å². The molecule has 1 aromatic rings. The predicted molar refractivity (Wildman–Crippen MR) is 84.0 cm³/mol. The third kappa shape index (κ3) is 4.90. The van der Waals surface area contributed by atoms with E-state index in [0.717, 1.165) is 56.8 Å². The summed E-state index contributed by atoms with van der Waals surface area (Å²) >= 11 is 0. The van der Waals surface area contributed by atoms with Gasteiger partial charge in [-0.15, -0.1) is 0 Å². The summed E-state index contributed by atoms with van der Waals surface area (Å²) in [7, 11) is 0. The number of ether oxygens (including phenoxy) is 2. The summed E-state index contributed by atoms with van der Waals surface area (Å²) < 4.78 is 11.5. The Balaban J connectivity index is 1.76. The molecule has 118 valence electrons. The normalized spacial score (nSPS) is 16.6. The van der Waals surface area contributed by atoms with Crippen LogP contribution in [0.1, 0.15) is 50.6 Å². The molecule has 0 bridgehead atoms. The molecule has 1 aromatic carbocycles. The van der Waals surface area contributed by atoms with Gasteiger partial charge in [0, 0.05) is 18.2 Å². The van der Waals surface area contributed by atoms with Crippen LogP contribution >= 0.6 is 0 Å². The Morgan fingerprint density at radius 3 is 2.95 bits per heavy atom. The summed E-state index contributed by atoms with van der Waals surface area (Å²) in [5.74, 6) is 1.83. The van der Waals surface area contributed by atoms with Crippen LogP contribution < -0.4 is 14.8 Å². The number of aliphatic hydroxyl groups is 1. The predicted octanol–water partition coefficient (Wildman–Crippen LogP) is 3.05. The van der Waals surface area contributed by atoms with Crippen LogP contribution in [0.5, 0.6) is 11.5 Å². The molecule has 1 aliphatic rings. The van der Waals surface area contributed by atoms with Crippen LogP contribution in [0.3, 0.4) is 0 Å². The highest BCUT2D eigenvalue weighted by Crippen LogP contribution is 2.35. The van der Waals surface area contributed by atoms with Crippen molar-refractivity contribution in [3.05, 3.63) is 23.8 Å². The lowest BCUT2D eigenvalue weighted by atomic mass is 10.1. The number of unbranched alkanes of at least 4 members (excludes halogenated alkanes) is 3. The largest absolute Gasteiger partial charge is 0.493 e. The Bertz CT molecular complexity index is 422. The van der Waals surface area contributed by atoms with Gasteiger partial charge in [-0.1, -0.05) is 13.3 Å². The van der Waals surface area contributed by atoms with E-state index in [9.17, 15) is 0 Å². The average Bonchev–Trinajstić information content (AvgIpc) is 2.91. The summed E-state index contributed by atoms with van der Waals surface area (Å²) in [5.41, 5.74) is 1.23. The zero-order valence-electron chi connectivity index (χ0n) is 12.9. The van der Waals surface area contributed by atoms with Gasteiger partial charge in [0.1, 0.15) is 18.1 Å². The van der Waals surface area contributed by atoms with Crippen molar-refractivity contribution in [2.24, 2.45) is 0 Å². The van der Waals surface area contributed by atoms with Crippen LogP contribution in [0.2, 0.25) is 0 Å². The highest BCUT2D eigenvalue weighted by Gasteiger charge is 2.23. The number of aliphatic hydroxyl groups excluding tert-OH is 1. The molecule has 4 nitrogen and oxygen atoms in total. The average molecular weight is 293 g/mol. The van der Waals surface area contributed by atoms with Gasteiger partial charge in [-0.05, 0) is 44.4 Å². The van der Waals surface area contributed by atoms with E-state index >= 15 is 0 Å². The van der Waals surface area contributed by atoms with E-state index in [2.05, 4.69) is 18.3 Å². The molecule has 0 saturated carbocycles. The van der Waals surface area contributed by atoms with Crippen molar-refractivity contribution in [2.75, 3.05) is 26.4 Å². The number of nitrogens with one attached hydrogen (secondary N) is 1. The van der Waals surface area contributed by atoms with Crippen molar-refractivity contribution in [2.45, 2.75) is 45.1 Å². The molecule has 0 radical (unpaired) electrons. The summed E-state index contributed by atoms with van der Waals surface area (Å²) in [6.45, 7) is 4.90. The Morgan fingerprint density at radius 1 is 1.29 bits per heavy atom. The zero-order chi connectivity index (χ0) is 14.9. The lowest BCUT2D eigenvalue weighted by Crippen LogP contribution is -2.22. The van der Waals surface area contributed by atoms with Gasteiger partial charge in [-0.3, -0.25) is 0 Å². The molecule has 0 aromatic heterocycles. The third-order valence-electron chi connectivity index (χ3n) is 3.73. The first-order valence-corrected chi connectivity index (χ1v) is 8.09. The van der Waals surface area contributed by atoms with Gasteiger partial charge in [0.15, 0.2) is 0 Å². The van der Waals surface area contributed by atoms with Gasteiger partial charge in [0.2, 0.25) is 0 Å². The Kier molecular flexibility index (Phi) is 6.83. The van der Waals surface area contributed by atoms with Crippen LogP contribution in [-0.4, -0.2) is 31.5 Å². The summed E-state index contributed by atoms with van der Waals surface area (Å²) in [6, 6.07) is 6.45. The molecular weight excluding hydrogens is 266 g/mol. The fourth-order valence-corrected chi connectivity index (χ4v) is 2.53. The monoisotopic (exact) mass is 293 g/mol. The van der Waals surface area contributed by atoms with Gasteiger partial charge >= 0.3 is 0 Å². The minimum atomic E-state index is 0.288. The van der Waals surface area contributed by atoms with Crippen molar-refractivity contribution in [3.8, 4) is 11.5 Å². The maximum absolute atomic E-state index is 8.72. The standard InChI is InChI=1S/C17H27NO3/c1-2-9-18-16-13-21-17-12-14(7-8-15(16)17)20-11-6-4-3-5-10-19/h7-8,12,16,18-19H,2-6,9-11,13H2,1H3. The molecule has 2 N–H and O–H groups in total. The molecule has 0 amide bonds. The summed E-state index contributed by atoms with van der Waals surface area (Å²) in [6.07, 6.45) is 5.21. The maximum Gasteiger partial charge on any atom is 0.127 e. The van der Waals surface area contributed by atoms with E-state index in [4.69, 9.17) is 14.6 Å². The van der Waals surface area contributed by atoms with E-state index in [0.29, 0.717) is 12.6 Å². The SMILES string of the molecule is CCCNC1COc2cc(OCCCCCCO)ccc21. The first-order valence-electron chi connectivity index (χ1n) is 8.09. The molecule has 0 fully saturated rings. The number of rotatable bonds is 10. The number of benzene rings is 1. The molecule has 1 atom stereocenters. The zero-order valence-corrected chi connectivity index (χ0v) is 12.9.